The van der Waals surface area contributed by atoms with E-state index in [0.29, 0.717) is 18.9 Å². The molecule has 2 fully saturated rings. The van der Waals surface area contributed by atoms with Crippen molar-refractivity contribution in [3.8, 4) is 5.75 Å². The first-order valence-corrected chi connectivity index (χ1v) is 12.1. The van der Waals surface area contributed by atoms with Crippen LogP contribution in [0.3, 0.4) is 0 Å². The number of methoxy groups -OCH3 is 1. The quantitative estimate of drug-likeness (QED) is 0.595. The third-order valence-electron chi connectivity index (χ3n) is 6.15. The highest BCUT2D eigenvalue weighted by molar-refractivity contribution is 5.81. The Hall–Kier alpha value is -2.28. The molecule has 1 N–H and O–H groups in total. The predicted octanol–water partition coefficient (Wildman–Crippen LogP) is 4.66. The van der Waals surface area contributed by atoms with Crippen molar-refractivity contribution in [2.75, 3.05) is 13.7 Å². The number of cyclic esters (lactones) is 1. The Labute approximate surface area is 197 Å². The number of amides is 1. The highest BCUT2D eigenvalue weighted by atomic mass is 16.6. The number of ether oxygens (including phenoxy) is 4. The van der Waals surface area contributed by atoms with Gasteiger partial charge in [0.05, 0.1) is 13.2 Å². The zero-order valence-corrected chi connectivity index (χ0v) is 20.6. The van der Waals surface area contributed by atoms with Gasteiger partial charge in [0.25, 0.3) is 0 Å². The van der Waals surface area contributed by atoms with E-state index < -0.39 is 29.8 Å². The summed E-state index contributed by atoms with van der Waals surface area (Å²) < 4.78 is 22.8. The molecule has 7 heteroatoms. The fourth-order valence-electron chi connectivity index (χ4n) is 4.25. The number of hydrogen-bond acceptors (Lipinski definition) is 6. The average molecular weight is 462 g/mol. The van der Waals surface area contributed by atoms with Gasteiger partial charge in [0, 0.05) is 6.61 Å². The normalized spacial score (nSPS) is 26.4. The van der Waals surface area contributed by atoms with E-state index in [9.17, 15) is 9.59 Å². The third-order valence-corrected chi connectivity index (χ3v) is 6.15. The predicted molar refractivity (Wildman–Crippen MR) is 125 cm³/mol. The molecule has 7 nitrogen and oxygen atoms in total. The van der Waals surface area contributed by atoms with Crippen LogP contribution >= 0.6 is 0 Å². The molecule has 4 unspecified atom stereocenters. The molecule has 1 aromatic carbocycles. The molecule has 184 valence electrons. The Morgan fingerprint density at radius 2 is 1.82 bits per heavy atom. The maximum atomic E-state index is 12.9. The summed E-state index contributed by atoms with van der Waals surface area (Å²) in [4.78, 5) is 25.2. The smallest absolute Gasteiger partial charge is 0.408 e. The largest absolute Gasteiger partial charge is 0.497 e. The van der Waals surface area contributed by atoms with Gasteiger partial charge in [0.15, 0.2) is 0 Å². The number of carbonyl (C=O) groups is 2. The Morgan fingerprint density at radius 1 is 1.12 bits per heavy atom. The standard InChI is InChI=1S/C26H39NO6/c1-17-23(31-16-19-9-10-19)20(15-18-11-13-21(30-5)14-12-18)7-6-8-22(24(28)32-17)27-25(29)33-26(2,3)4/h11-14,17,19-20,22-23H,6-10,15-16H2,1-5H3,(H,27,29). The molecule has 2 aliphatic rings. The van der Waals surface area contributed by atoms with Crippen molar-refractivity contribution in [3.63, 3.8) is 0 Å². The molecule has 33 heavy (non-hydrogen) atoms. The molecule has 1 heterocycles. The second-order valence-corrected chi connectivity index (χ2v) is 10.3. The number of alkyl carbamates (subject to hydrolysis) is 1. The summed E-state index contributed by atoms with van der Waals surface area (Å²) in [6, 6.07) is 7.36. The first kappa shape index (κ1) is 25.3. The minimum atomic E-state index is -0.730. The molecule has 0 bridgehead atoms. The summed E-state index contributed by atoms with van der Waals surface area (Å²) in [6.45, 7) is 7.97. The first-order valence-electron chi connectivity index (χ1n) is 12.1. The van der Waals surface area contributed by atoms with Crippen molar-refractivity contribution >= 4 is 12.1 Å². The summed E-state index contributed by atoms with van der Waals surface area (Å²) >= 11 is 0. The van der Waals surface area contributed by atoms with Gasteiger partial charge in [-0.25, -0.2) is 9.59 Å². The van der Waals surface area contributed by atoms with Crippen LogP contribution in [-0.4, -0.2) is 49.6 Å². The summed E-state index contributed by atoms with van der Waals surface area (Å²) in [5.41, 5.74) is 0.562. The van der Waals surface area contributed by atoms with Gasteiger partial charge in [-0.1, -0.05) is 18.6 Å². The molecule has 0 spiro atoms. The second-order valence-electron chi connectivity index (χ2n) is 10.3. The summed E-state index contributed by atoms with van der Waals surface area (Å²) in [5.74, 6) is 1.20. The third kappa shape index (κ3) is 8.22. The fourth-order valence-corrected chi connectivity index (χ4v) is 4.25. The SMILES string of the molecule is COc1ccc(CC2CCCC(NC(=O)OC(C)(C)C)C(=O)OC(C)C2OCC2CC2)cc1. The van der Waals surface area contributed by atoms with Crippen molar-refractivity contribution < 1.29 is 28.5 Å². The van der Waals surface area contributed by atoms with E-state index in [1.165, 1.54) is 18.4 Å². The van der Waals surface area contributed by atoms with Crippen LogP contribution in [0.25, 0.3) is 0 Å². The van der Waals surface area contributed by atoms with Crippen LogP contribution < -0.4 is 10.1 Å². The Bertz CT molecular complexity index is 783. The Morgan fingerprint density at radius 3 is 2.42 bits per heavy atom. The van der Waals surface area contributed by atoms with Crippen LogP contribution in [0.15, 0.2) is 24.3 Å². The number of carbonyl (C=O) groups excluding carboxylic acids is 2. The van der Waals surface area contributed by atoms with Gasteiger partial charge in [0.2, 0.25) is 0 Å². The number of benzene rings is 1. The van der Waals surface area contributed by atoms with Gasteiger partial charge < -0.3 is 24.3 Å². The molecule has 1 amide bonds. The van der Waals surface area contributed by atoms with E-state index in [0.717, 1.165) is 25.0 Å². The van der Waals surface area contributed by atoms with Crippen molar-refractivity contribution in [3.05, 3.63) is 29.8 Å². The van der Waals surface area contributed by atoms with E-state index in [-0.39, 0.29) is 12.0 Å². The Balaban J connectivity index is 1.71. The highest BCUT2D eigenvalue weighted by Crippen LogP contribution is 2.33. The van der Waals surface area contributed by atoms with Crippen LogP contribution in [-0.2, 0) is 25.4 Å². The van der Waals surface area contributed by atoms with Crippen LogP contribution in [0, 0.1) is 11.8 Å². The van der Waals surface area contributed by atoms with E-state index >= 15 is 0 Å². The molecule has 0 radical (unpaired) electrons. The zero-order chi connectivity index (χ0) is 24.0. The highest BCUT2D eigenvalue weighted by Gasteiger charge is 2.36. The van der Waals surface area contributed by atoms with Crippen molar-refractivity contribution in [2.45, 2.75) is 90.1 Å². The van der Waals surface area contributed by atoms with Gasteiger partial charge >= 0.3 is 12.1 Å². The monoisotopic (exact) mass is 461 g/mol. The van der Waals surface area contributed by atoms with E-state index in [2.05, 4.69) is 17.4 Å². The van der Waals surface area contributed by atoms with E-state index in [4.69, 9.17) is 18.9 Å². The van der Waals surface area contributed by atoms with Crippen molar-refractivity contribution in [1.29, 1.82) is 0 Å². The van der Waals surface area contributed by atoms with E-state index in [1.807, 2.05) is 19.1 Å². The van der Waals surface area contributed by atoms with E-state index in [1.54, 1.807) is 27.9 Å². The van der Waals surface area contributed by atoms with Crippen LogP contribution in [0.5, 0.6) is 5.75 Å². The Kier molecular flexibility index (Phi) is 8.63. The minimum Gasteiger partial charge on any atom is -0.497 e. The number of esters is 1. The van der Waals surface area contributed by atoms with Gasteiger partial charge in [-0.3, -0.25) is 0 Å². The summed E-state index contributed by atoms with van der Waals surface area (Å²) in [7, 11) is 1.66. The molecule has 1 saturated heterocycles. The molecule has 0 aromatic heterocycles. The number of nitrogens with one attached hydrogen (secondary N) is 1. The van der Waals surface area contributed by atoms with Crippen LogP contribution in [0.2, 0.25) is 0 Å². The molecular weight excluding hydrogens is 422 g/mol. The summed E-state index contributed by atoms with van der Waals surface area (Å²) in [6.07, 6.45) is 4.15. The summed E-state index contributed by atoms with van der Waals surface area (Å²) in [5, 5.41) is 2.70. The number of rotatable bonds is 7. The lowest BCUT2D eigenvalue weighted by Gasteiger charge is -2.31. The fraction of sp³-hybridized carbons (Fsp3) is 0.692. The molecule has 1 aromatic rings. The zero-order valence-electron chi connectivity index (χ0n) is 20.6. The molecule has 4 atom stereocenters. The van der Waals surface area contributed by atoms with Gasteiger partial charge in [-0.15, -0.1) is 0 Å². The van der Waals surface area contributed by atoms with Crippen molar-refractivity contribution in [2.24, 2.45) is 11.8 Å². The van der Waals surface area contributed by atoms with Crippen LogP contribution in [0.4, 0.5) is 4.79 Å². The minimum absolute atomic E-state index is 0.195. The molecular formula is C26H39NO6. The maximum absolute atomic E-state index is 12.9. The topological polar surface area (TPSA) is 83.1 Å². The lowest BCUT2D eigenvalue weighted by molar-refractivity contribution is -0.161. The number of hydrogen-bond donors (Lipinski definition) is 1. The second kappa shape index (κ2) is 11.2. The lowest BCUT2D eigenvalue weighted by atomic mass is 9.86. The van der Waals surface area contributed by atoms with Crippen LogP contribution in [0.1, 0.15) is 65.4 Å². The van der Waals surface area contributed by atoms with Gasteiger partial charge in [0.1, 0.15) is 23.5 Å². The lowest BCUT2D eigenvalue weighted by Crippen LogP contribution is -2.46. The molecule has 1 saturated carbocycles. The van der Waals surface area contributed by atoms with Gasteiger partial charge in [-0.05, 0) is 89.3 Å². The molecule has 3 rings (SSSR count). The molecule has 1 aliphatic carbocycles. The first-order chi connectivity index (χ1) is 15.6. The average Bonchev–Trinajstić information content (AvgIpc) is 3.55. The maximum Gasteiger partial charge on any atom is 0.408 e. The van der Waals surface area contributed by atoms with Gasteiger partial charge in [-0.2, -0.15) is 0 Å². The van der Waals surface area contributed by atoms with Crippen molar-refractivity contribution in [1.82, 2.24) is 5.32 Å². The molecule has 1 aliphatic heterocycles.